The highest BCUT2D eigenvalue weighted by molar-refractivity contribution is 5.94. The van der Waals surface area contributed by atoms with Crippen molar-refractivity contribution in [3.8, 4) is 0 Å². The van der Waals surface area contributed by atoms with Crippen LogP contribution in [0.1, 0.15) is 23.2 Å². The molecule has 1 rings (SSSR count). The number of nitrogens with two attached hydrogens (primary N) is 1. The zero-order chi connectivity index (χ0) is 14.3. The summed E-state index contributed by atoms with van der Waals surface area (Å²) in [5.41, 5.74) is 5.62. The average molecular weight is 267 g/mol. The second kappa shape index (κ2) is 7.32. The number of nitrogens with one attached hydrogen (secondary N) is 1. The van der Waals surface area contributed by atoms with E-state index in [1.807, 2.05) is 0 Å². The summed E-state index contributed by atoms with van der Waals surface area (Å²) in [4.78, 5) is 21.4. The van der Waals surface area contributed by atoms with E-state index in [9.17, 15) is 14.9 Å². The quantitative estimate of drug-likeness (QED) is 0.422. The van der Waals surface area contributed by atoms with Gasteiger partial charge in [-0.05, 0) is 25.0 Å². The highest BCUT2D eigenvalue weighted by atomic mass is 16.6. The molecule has 104 valence electrons. The fourth-order valence-corrected chi connectivity index (χ4v) is 1.58. The van der Waals surface area contributed by atoms with Crippen LogP contribution in [0.15, 0.2) is 18.2 Å². The third-order valence-corrected chi connectivity index (χ3v) is 2.57. The van der Waals surface area contributed by atoms with Crippen LogP contribution in [0, 0.1) is 10.1 Å². The zero-order valence-corrected chi connectivity index (χ0v) is 10.7. The molecule has 7 nitrogen and oxygen atoms in total. The van der Waals surface area contributed by atoms with E-state index in [-0.39, 0.29) is 11.3 Å². The van der Waals surface area contributed by atoms with Gasteiger partial charge in [0.05, 0.1) is 4.92 Å². The largest absolute Gasteiger partial charge is 0.385 e. The van der Waals surface area contributed by atoms with Gasteiger partial charge in [-0.1, -0.05) is 0 Å². The van der Waals surface area contributed by atoms with Gasteiger partial charge in [0.1, 0.15) is 5.69 Å². The number of unbranched alkanes of at least 4 members (excludes halogenated alkanes) is 1. The molecule has 19 heavy (non-hydrogen) atoms. The van der Waals surface area contributed by atoms with E-state index < -0.39 is 10.8 Å². The first-order valence-electron chi connectivity index (χ1n) is 5.87. The number of methoxy groups -OCH3 is 1. The van der Waals surface area contributed by atoms with Crippen molar-refractivity contribution in [3.63, 3.8) is 0 Å². The first-order valence-corrected chi connectivity index (χ1v) is 5.87. The van der Waals surface area contributed by atoms with Crippen LogP contribution in [0.5, 0.6) is 0 Å². The molecular weight excluding hydrogens is 250 g/mol. The summed E-state index contributed by atoms with van der Waals surface area (Å²) in [6.45, 7) is 1.21. The number of anilines is 1. The predicted octanol–water partition coefficient (Wildman–Crippen LogP) is 1.53. The van der Waals surface area contributed by atoms with Gasteiger partial charge >= 0.3 is 0 Å². The number of nitro groups is 1. The normalized spacial score (nSPS) is 10.2. The Morgan fingerprint density at radius 3 is 2.79 bits per heavy atom. The van der Waals surface area contributed by atoms with Crippen LogP contribution in [-0.4, -0.2) is 31.1 Å². The Hall–Kier alpha value is -2.15. The Morgan fingerprint density at radius 1 is 1.47 bits per heavy atom. The number of carbonyl (C=O) groups excluding carboxylic acids is 1. The SMILES string of the molecule is COCCCCNc1cc(C(N)=O)ccc1[N+](=O)[O-]. The highest BCUT2D eigenvalue weighted by Crippen LogP contribution is 2.25. The van der Waals surface area contributed by atoms with Gasteiger partial charge in [-0.3, -0.25) is 14.9 Å². The third-order valence-electron chi connectivity index (χ3n) is 2.57. The van der Waals surface area contributed by atoms with E-state index >= 15 is 0 Å². The molecule has 7 heteroatoms. The minimum absolute atomic E-state index is 0.0725. The molecule has 0 saturated carbocycles. The Balaban J connectivity index is 2.74. The van der Waals surface area contributed by atoms with E-state index in [1.54, 1.807) is 7.11 Å². The molecule has 1 amide bonds. The number of benzene rings is 1. The second-order valence-electron chi connectivity index (χ2n) is 3.98. The lowest BCUT2D eigenvalue weighted by Crippen LogP contribution is -2.12. The smallest absolute Gasteiger partial charge is 0.292 e. The molecule has 0 heterocycles. The van der Waals surface area contributed by atoms with E-state index in [0.717, 1.165) is 12.8 Å². The molecule has 0 aliphatic rings. The van der Waals surface area contributed by atoms with Gasteiger partial charge in [0.25, 0.3) is 5.69 Å². The predicted molar refractivity (Wildman–Crippen MR) is 71.2 cm³/mol. The number of nitro benzene ring substituents is 1. The number of hydrogen-bond acceptors (Lipinski definition) is 5. The van der Waals surface area contributed by atoms with Gasteiger partial charge in [0.2, 0.25) is 5.91 Å². The maximum absolute atomic E-state index is 11.1. The lowest BCUT2D eigenvalue weighted by atomic mass is 10.1. The lowest BCUT2D eigenvalue weighted by molar-refractivity contribution is -0.384. The molecular formula is C12H17N3O4. The summed E-state index contributed by atoms with van der Waals surface area (Å²) in [7, 11) is 1.62. The van der Waals surface area contributed by atoms with Crippen molar-refractivity contribution < 1.29 is 14.5 Å². The monoisotopic (exact) mass is 267 g/mol. The summed E-state index contributed by atoms with van der Waals surface area (Å²) in [5.74, 6) is -0.614. The maximum Gasteiger partial charge on any atom is 0.292 e. The van der Waals surface area contributed by atoms with Crippen molar-refractivity contribution in [3.05, 3.63) is 33.9 Å². The van der Waals surface area contributed by atoms with Gasteiger partial charge in [0, 0.05) is 31.9 Å². The number of primary amides is 1. The van der Waals surface area contributed by atoms with Crippen molar-refractivity contribution in [2.24, 2.45) is 5.73 Å². The van der Waals surface area contributed by atoms with E-state index in [2.05, 4.69) is 5.32 Å². The van der Waals surface area contributed by atoms with Gasteiger partial charge < -0.3 is 15.8 Å². The molecule has 1 aromatic carbocycles. The van der Waals surface area contributed by atoms with Crippen molar-refractivity contribution in [2.75, 3.05) is 25.6 Å². The number of ether oxygens (including phenoxy) is 1. The second-order valence-corrected chi connectivity index (χ2v) is 3.98. The molecule has 0 atom stereocenters. The van der Waals surface area contributed by atoms with Crippen molar-refractivity contribution in [1.29, 1.82) is 0 Å². The molecule has 0 aliphatic heterocycles. The topological polar surface area (TPSA) is 107 Å². The average Bonchev–Trinajstić information content (AvgIpc) is 2.38. The van der Waals surface area contributed by atoms with E-state index in [4.69, 9.17) is 10.5 Å². The number of nitrogens with zero attached hydrogens (tertiary/aromatic N) is 1. The number of hydrogen-bond donors (Lipinski definition) is 2. The first kappa shape index (κ1) is 14.9. The Kier molecular flexibility index (Phi) is 5.74. The summed E-state index contributed by atoms with van der Waals surface area (Å²) < 4.78 is 4.91. The summed E-state index contributed by atoms with van der Waals surface area (Å²) in [6.07, 6.45) is 1.67. The van der Waals surface area contributed by atoms with Crippen molar-refractivity contribution >= 4 is 17.3 Å². The standard InChI is InChI=1S/C12H17N3O4/c1-19-7-3-2-6-14-10-8-9(12(13)16)4-5-11(10)15(17)18/h4-5,8,14H,2-3,6-7H2,1H3,(H2,13,16). The molecule has 1 aromatic rings. The van der Waals surface area contributed by atoms with Crippen LogP contribution in [0.25, 0.3) is 0 Å². The van der Waals surface area contributed by atoms with Crippen molar-refractivity contribution in [2.45, 2.75) is 12.8 Å². The third kappa shape index (κ3) is 4.55. The van der Waals surface area contributed by atoms with Crippen LogP contribution < -0.4 is 11.1 Å². The van der Waals surface area contributed by atoms with Crippen LogP contribution in [0.2, 0.25) is 0 Å². The Bertz CT molecular complexity index is 462. The van der Waals surface area contributed by atoms with Gasteiger partial charge in [-0.2, -0.15) is 0 Å². The van der Waals surface area contributed by atoms with E-state index in [0.29, 0.717) is 18.8 Å². The fourth-order valence-electron chi connectivity index (χ4n) is 1.58. The molecule has 0 aromatic heterocycles. The summed E-state index contributed by atoms with van der Waals surface area (Å²) in [5, 5.41) is 13.8. The van der Waals surface area contributed by atoms with Crippen molar-refractivity contribution in [1.82, 2.24) is 0 Å². The molecule has 0 unspecified atom stereocenters. The number of amides is 1. The van der Waals surface area contributed by atoms with Crippen LogP contribution >= 0.6 is 0 Å². The van der Waals surface area contributed by atoms with Crippen LogP contribution in [-0.2, 0) is 4.74 Å². The number of rotatable bonds is 8. The molecule has 0 bridgehead atoms. The maximum atomic E-state index is 11.1. The first-order chi connectivity index (χ1) is 9.06. The molecule has 0 saturated heterocycles. The highest BCUT2D eigenvalue weighted by Gasteiger charge is 2.15. The van der Waals surface area contributed by atoms with Crippen LogP contribution in [0.3, 0.4) is 0 Å². The van der Waals surface area contributed by atoms with E-state index in [1.165, 1.54) is 18.2 Å². The molecule has 0 aliphatic carbocycles. The molecule has 0 spiro atoms. The van der Waals surface area contributed by atoms with Crippen LogP contribution in [0.4, 0.5) is 11.4 Å². The lowest BCUT2D eigenvalue weighted by Gasteiger charge is -2.08. The minimum atomic E-state index is -0.614. The summed E-state index contributed by atoms with van der Waals surface area (Å²) >= 11 is 0. The Morgan fingerprint density at radius 2 is 2.21 bits per heavy atom. The Labute approximate surface area is 110 Å². The fraction of sp³-hybridized carbons (Fsp3) is 0.417. The van der Waals surface area contributed by atoms with Gasteiger partial charge in [-0.25, -0.2) is 0 Å². The molecule has 0 radical (unpaired) electrons. The molecule has 0 fully saturated rings. The zero-order valence-electron chi connectivity index (χ0n) is 10.7. The van der Waals surface area contributed by atoms with Gasteiger partial charge in [0.15, 0.2) is 0 Å². The molecule has 3 N–H and O–H groups in total. The van der Waals surface area contributed by atoms with Gasteiger partial charge in [-0.15, -0.1) is 0 Å². The summed E-state index contributed by atoms with van der Waals surface area (Å²) in [6, 6.07) is 4.02. The number of carbonyl (C=O) groups is 1. The minimum Gasteiger partial charge on any atom is -0.385 e.